The number of hydroxylamine groups is 1. The SMILES string of the molecule is CONC(=O)C(O)(c1ccccc1)c1ccccc1OC(=O)[C@H](C)N. The van der Waals surface area contributed by atoms with Gasteiger partial charge in [-0.25, -0.2) is 10.3 Å². The van der Waals surface area contributed by atoms with Crippen molar-refractivity contribution in [2.24, 2.45) is 5.73 Å². The maximum absolute atomic E-state index is 12.6. The van der Waals surface area contributed by atoms with Crippen molar-refractivity contribution < 1.29 is 24.3 Å². The van der Waals surface area contributed by atoms with E-state index in [1.807, 2.05) is 0 Å². The van der Waals surface area contributed by atoms with Crippen molar-refractivity contribution in [1.82, 2.24) is 5.48 Å². The average Bonchev–Trinajstić information content (AvgIpc) is 2.62. The summed E-state index contributed by atoms with van der Waals surface area (Å²) < 4.78 is 5.26. The smallest absolute Gasteiger partial charge is 0.328 e. The maximum atomic E-state index is 12.6. The monoisotopic (exact) mass is 344 g/mol. The van der Waals surface area contributed by atoms with Crippen LogP contribution < -0.4 is 16.0 Å². The summed E-state index contributed by atoms with van der Waals surface area (Å²) in [6.45, 7) is 1.48. The molecule has 2 rings (SSSR count). The zero-order valence-electron chi connectivity index (χ0n) is 13.9. The van der Waals surface area contributed by atoms with Gasteiger partial charge in [0, 0.05) is 5.56 Å². The summed E-state index contributed by atoms with van der Waals surface area (Å²) in [5.41, 5.74) is 5.90. The number of benzene rings is 2. The molecule has 1 unspecified atom stereocenters. The molecule has 0 aliphatic heterocycles. The first kappa shape index (κ1) is 18.6. The van der Waals surface area contributed by atoms with Crippen molar-refractivity contribution in [1.29, 1.82) is 0 Å². The number of carbonyl (C=O) groups excluding carboxylic acids is 2. The zero-order chi connectivity index (χ0) is 18.4. The highest BCUT2D eigenvalue weighted by Crippen LogP contribution is 2.36. The number of nitrogens with two attached hydrogens (primary N) is 1. The molecule has 4 N–H and O–H groups in total. The molecule has 7 heteroatoms. The molecule has 2 aromatic rings. The Morgan fingerprint density at radius 3 is 2.32 bits per heavy atom. The molecule has 0 aliphatic rings. The number of carbonyl (C=O) groups is 2. The van der Waals surface area contributed by atoms with E-state index in [0.29, 0.717) is 0 Å². The lowest BCUT2D eigenvalue weighted by molar-refractivity contribution is -0.148. The Morgan fingerprint density at radius 2 is 1.72 bits per heavy atom. The lowest BCUT2D eigenvalue weighted by Crippen LogP contribution is -2.45. The molecule has 1 amide bonds. The van der Waals surface area contributed by atoms with Crippen LogP contribution in [-0.4, -0.2) is 30.1 Å². The molecule has 25 heavy (non-hydrogen) atoms. The van der Waals surface area contributed by atoms with Crippen LogP contribution in [0.1, 0.15) is 18.1 Å². The van der Waals surface area contributed by atoms with Crippen molar-refractivity contribution in [3.05, 3.63) is 65.7 Å². The van der Waals surface area contributed by atoms with E-state index >= 15 is 0 Å². The van der Waals surface area contributed by atoms with E-state index in [1.165, 1.54) is 26.2 Å². The van der Waals surface area contributed by atoms with E-state index < -0.39 is 23.5 Å². The molecule has 0 heterocycles. The first-order valence-corrected chi connectivity index (χ1v) is 7.59. The van der Waals surface area contributed by atoms with Gasteiger partial charge in [0.05, 0.1) is 7.11 Å². The molecule has 0 aliphatic carbocycles. The van der Waals surface area contributed by atoms with Crippen molar-refractivity contribution in [2.45, 2.75) is 18.6 Å². The van der Waals surface area contributed by atoms with Gasteiger partial charge in [0.15, 0.2) is 5.60 Å². The number of aliphatic hydroxyl groups is 1. The number of esters is 1. The van der Waals surface area contributed by atoms with Crippen LogP contribution in [0.3, 0.4) is 0 Å². The second kappa shape index (κ2) is 7.89. The van der Waals surface area contributed by atoms with E-state index in [4.69, 9.17) is 10.5 Å². The standard InChI is InChI=1S/C18H20N2O5/c1-12(19)16(21)25-15-11-7-6-10-14(15)18(23,17(22)20-24-2)13-8-4-3-5-9-13/h3-12,23H,19H2,1-2H3,(H,20,22)/t12-,18?/m0/s1. The third-order valence-electron chi connectivity index (χ3n) is 3.57. The van der Waals surface area contributed by atoms with E-state index in [9.17, 15) is 14.7 Å². The van der Waals surface area contributed by atoms with Gasteiger partial charge in [0.1, 0.15) is 11.8 Å². The molecule has 0 radical (unpaired) electrons. The lowest BCUT2D eigenvalue weighted by Gasteiger charge is -2.29. The van der Waals surface area contributed by atoms with E-state index in [-0.39, 0.29) is 16.9 Å². The van der Waals surface area contributed by atoms with Crippen LogP contribution >= 0.6 is 0 Å². The van der Waals surface area contributed by atoms with Gasteiger partial charge in [-0.1, -0.05) is 48.5 Å². The van der Waals surface area contributed by atoms with Gasteiger partial charge < -0.3 is 15.6 Å². The van der Waals surface area contributed by atoms with Crippen molar-refractivity contribution >= 4 is 11.9 Å². The fraction of sp³-hybridized carbons (Fsp3) is 0.222. The van der Waals surface area contributed by atoms with Crippen LogP contribution in [0.25, 0.3) is 0 Å². The van der Waals surface area contributed by atoms with Crippen molar-refractivity contribution in [3.63, 3.8) is 0 Å². The minimum absolute atomic E-state index is 0.0300. The summed E-state index contributed by atoms with van der Waals surface area (Å²) in [6.07, 6.45) is 0. The number of para-hydroxylation sites is 1. The fourth-order valence-electron chi connectivity index (χ4n) is 2.31. The molecule has 132 valence electrons. The van der Waals surface area contributed by atoms with E-state index in [0.717, 1.165) is 0 Å². The minimum atomic E-state index is -2.13. The Morgan fingerprint density at radius 1 is 1.12 bits per heavy atom. The molecule has 0 aromatic heterocycles. The van der Waals surface area contributed by atoms with E-state index in [2.05, 4.69) is 10.3 Å². The van der Waals surface area contributed by atoms with Crippen molar-refractivity contribution in [3.8, 4) is 5.75 Å². The molecule has 7 nitrogen and oxygen atoms in total. The van der Waals surface area contributed by atoms with Crippen LogP contribution in [0.5, 0.6) is 5.75 Å². The Hall–Kier alpha value is -2.74. The van der Waals surface area contributed by atoms with Gasteiger partial charge in [-0.3, -0.25) is 9.63 Å². The third-order valence-corrected chi connectivity index (χ3v) is 3.57. The first-order valence-electron chi connectivity index (χ1n) is 7.59. The second-order valence-corrected chi connectivity index (χ2v) is 5.42. The molecule has 2 aromatic carbocycles. The highest BCUT2D eigenvalue weighted by atomic mass is 16.6. The number of rotatable bonds is 6. The van der Waals surface area contributed by atoms with Gasteiger partial charge in [0.25, 0.3) is 5.91 Å². The number of ether oxygens (including phenoxy) is 1. The fourth-order valence-corrected chi connectivity index (χ4v) is 2.31. The summed E-state index contributed by atoms with van der Waals surface area (Å²) >= 11 is 0. The summed E-state index contributed by atoms with van der Waals surface area (Å²) in [6, 6.07) is 13.6. The van der Waals surface area contributed by atoms with E-state index in [1.54, 1.807) is 42.5 Å². The normalized spacial score (nSPS) is 14.2. The Kier molecular flexibility index (Phi) is 5.87. The number of hydrogen-bond donors (Lipinski definition) is 3. The van der Waals surface area contributed by atoms with Crippen molar-refractivity contribution in [2.75, 3.05) is 7.11 Å². The van der Waals surface area contributed by atoms with Crippen LogP contribution in [0.2, 0.25) is 0 Å². The zero-order valence-corrected chi connectivity index (χ0v) is 13.9. The lowest BCUT2D eigenvalue weighted by atomic mass is 9.85. The highest BCUT2D eigenvalue weighted by Gasteiger charge is 2.42. The van der Waals surface area contributed by atoms with Gasteiger partial charge in [-0.05, 0) is 18.6 Å². The molecule has 0 fully saturated rings. The quantitative estimate of drug-likeness (QED) is 0.407. The highest BCUT2D eigenvalue weighted by molar-refractivity contribution is 5.90. The largest absolute Gasteiger partial charge is 0.425 e. The van der Waals surface area contributed by atoms with Crippen LogP contribution in [0.4, 0.5) is 0 Å². The Bertz CT molecular complexity index is 748. The van der Waals surface area contributed by atoms with Crippen LogP contribution in [0.15, 0.2) is 54.6 Å². The summed E-state index contributed by atoms with van der Waals surface area (Å²) in [5, 5.41) is 11.3. The maximum Gasteiger partial charge on any atom is 0.328 e. The molecule has 0 saturated carbocycles. The number of nitrogens with one attached hydrogen (secondary N) is 1. The summed E-state index contributed by atoms with van der Waals surface area (Å²) in [5.74, 6) is -1.48. The summed E-state index contributed by atoms with van der Waals surface area (Å²) in [4.78, 5) is 29.1. The summed E-state index contributed by atoms with van der Waals surface area (Å²) in [7, 11) is 1.26. The topological polar surface area (TPSA) is 111 Å². The molecular weight excluding hydrogens is 324 g/mol. The third kappa shape index (κ3) is 3.85. The van der Waals surface area contributed by atoms with Gasteiger partial charge >= 0.3 is 5.97 Å². The predicted molar refractivity (Wildman–Crippen MR) is 90.3 cm³/mol. The minimum Gasteiger partial charge on any atom is -0.425 e. The number of amides is 1. The Balaban J connectivity index is 2.60. The molecule has 2 atom stereocenters. The first-order chi connectivity index (χ1) is 11.9. The Labute approximate surface area is 145 Å². The molecule has 0 spiro atoms. The van der Waals surface area contributed by atoms with Gasteiger partial charge in [-0.2, -0.15) is 0 Å². The molecular formula is C18H20N2O5. The second-order valence-electron chi connectivity index (χ2n) is 5.42. The van der Waals surface area contributed by atoms with Gasteiger partial charge in [0.2, 0.25) is 0 Å². The number of hydrogen-bond acceptors (Lipinski definition) is 6. The van der Waals surface area contributed by atoms with Gasteiger partial charge in [-0.15, -0.1) is 0 Å². The predicted octanol–water partition coefficient (Wildman–Crippen LogP) is 0.853. The molecule has 0 bridgehead atoms. The van der Waals surface area contributed by atoms with Crippen LogP contribution in [-0.2, 0) is 20.0 Å². The van der Waals surface area contributed by atoms with Crippen LogP contribution in [0, 0.1) is 0 Å². The average molecular weight is 344 g/mol. The molecule has 0 saturated heterocycles.